The highest BCUT2D eigenvalue weighted by atomic mass is 19.4. The average Bonchev–Trinajstić information content (AvgIpc) is 3.06. The van der Waals surface area contributed by atoms with Gasteiger partial charge in [-0.3, -0.25) is 4.79 Å². The van der Waals surface area contributed by atoms with Crippen LogP contribution in [-0.2, 0) is 6.18 Å². The largest absolute Gasteiger partial charge is 0.417 e. The third kappa shape index (κ3) is 3.93. The summed E-state index contributed by atoms with van der Waals surface area (Å²) >= 11 is 0. The predicted molar refractivity (Wildman–Crippen MR) is 83.3 cm³/mol. The molecule has 0 radical (unpaired) electrons. The van der Waals surface area contributed by atoms with E-state index in [1.807, 2.05) is 0 Å². The van der Waals surface area contributed by atoms with Crippen LogP contribution in [0.2, 0.25) is 0 Å². The number of alkyl halides is 5. The summed E-state index contributed by atoms with van der Waals surface area (Å²) in [6.45, 7) is 1.87. The number of amides is 1. The molecule has 2 aromatic rings. The molecular weight excluding hydrogens is 373 g/mol. The molecule has 0 bridgehead atoms. The van der Waals surface area contributed by atoms with Gasteiger partial charge in [-0.05, 0) is 18.9 Å². The maximum Gasteiger partial charge on any atom is 0.417 e. The highest BCUT2D eigenvalue weighted by Crippen LogP contribution is 2.37. The molecule has 5 nitrogen and oxygen atoms in total. The van der Waals surface area contributed by atoms with Crippen LogP contribution >= 0.6 is 0 Å². The Labute approximate surface area is 151 Å². The molecule has 0 N–H and O–H groups in total. The molecule has 1 fully saturated rings. The number of nitrogens with zero attached hydrogens (tertiary/aromatic N) is 3. The van der Waals surface area contributed by atoms with Gasteiger partial charge >= 0.3 is 6.18 Å². The molecule has 10 heteroatoms. The van der Waals surface area contributed by atoms with Crippen molar-refractivity contribution in [3.05, 3.63) is 46.6 Å². The first-order valence-corrected chi connectivity index (χ1v) is 8.26. The number of halogens is 5. The van der Waals surface area contributed by atoms with E-state index in [0.717, 1.165) is 12.1 Å². The molecule has 1 saturated heterocycles. The molecule has 0 saturated carbocycles. The molecule has 0 atom stereocenters. The van der Waals surface area contributed by atoms with Crippen molar-refractivity contribution in [3.63, 3.8) is 0 Å². The topological polar surface area (TPSA) is 59.2 Å². The van der Waals surface area contributed by atoms with E-state index in [1.165, 1.54) is 4.90 Å². The van der Waals surface area contributed by atoms with Crippen molar-refractivity contribution in [1.29, 1.82) is 0 Å². The van der Waals surface area contributed by atoms with Gasteiger partial charge in [-0.1, -0.05) is 17.3 Å². The standard InChI is InChI=1S/C17H16F5N3O2/c1-9-23-15(24-27-9)10-5-7-25(8-6-10)16(26)13-11(14(18)19)3-2-4-12(13)17(20,21)22/h2-4,10,14H,5-8H2,1H3. The van der Waals surface area contributed by atoms with Gasteiger partial charge in [0.05, 0.1) is 11.1 Å². The van der Waals surface area contributed by atoms with E-state index in [-0.39, 0.29) is 19.0 Å². The highest BCUT2D eigenvalue weighted by Gasteiger charge is 2.39. The molecule has 0 aliphatic carbocycles. The summed E-state index contributed by atoms with van der Waals surface area (Å²) in [7, 11) is 0. The maximum absolute atomic E-state index is 13.3. The Morgan fingerprint density at radius 2 is 1.93 bits per heavy atom. The van der Waals surface area contributed by atoms with E-state index in [2.05, 4.69) is 10.1 Å². The molecule has 1 aliphatic rings. The molecule has 3 rings (SSSR count). The van der Waals surface area contributed by atoms with E-state index >= 15 is 0 Å². The molecule has 2 heterocycles. The zero-order chi connectivity index (χ0) is 19.8. The van der Waals surface area contributed by atoms with Gasteiger partial charge in [-0.15, -0.1) is 0 Å². The van der Waals surface area contributed by atoms with E-state index in [4.69, 9.17) is 4.52 Å². The highest BCUT2D eigenvalue weighted by molar-refractivity contribution is 5.97. The van der Waals surface area contributed by atoms with Gasteiger partial charge in [0, 0.05) is 31.5 Å². The predicted octanol–water partition coefficient (Wildman–Crippen LogP) is 4.35. The third-order valence-corrected chi connectivity index (χ3v) is 4.54. The lowest BCUT2D eigenvalue weighted by atomic mass is 9.94. The second-order valence-corrected chi connectivity index (χ2v) is 6.31. The van der Waals surface area contributed by atoms with Gasteiger partial charge < -0.3 is 9.42 Å². The van der Waals surface area contributed by atoms with Gasteiger partial charge in [0.15, 0.2) is 5.82 Å². The minimum atomic E-state index is -4.91. The molecule has 1 aliphatic heterocycles. The van der Waals surface area contributed by atoms with Crippen molar-refractivity contribution in [2.24, 2.45) is 0 Å². The second-order valence-electron chi connectivity index (χ2n) is 6.31. The zero-order valence-electron chi connectivity index (χ0n) is 14.3. The minimum absolute atomic E-state index is 0.0982. The fraction of sp³-hybridized carbons (Fsp3) is 0.471. The Kier molecular flexibility index (Phi) is 5.16. The molecule has 1 amide bonds. The smallest absolute Gasteiger partial charge is 0.340 e. The Balaban J connectivity index is 1.84. The SMILES string of the molecule is Cc1nc(C2CCN(C(=O)c3c(C(F)F)cccc3C(F)(F)F)CC2)no1. The number of carbonyl (C=O) groups is 1. The molecule has 27 heavy (non-hydrogen) atoms. The summed E-state index contributed by atoms with van der Waals surface area (Å²) in [4.78, 5) is 18.0. The number of hydrogen-bond acceptors (Lipinski definition) is 4. The van der Waals surface area contributed by atoms with Crippen LogP contribution in [0.25, 0.3) is 0 Å². The van der Waals surface area contributed by atoms with Crippen molar-refractivity contribution in [3.8, 4) is 0 Å². The van der Waals surface area contributed by atoms with Crippen molar-refractivity contribution in [2.45, 2.75) is 38.3 Å². The molecule has 146 valence electrons. The van der Waals surface area contributed by atoms with Crippen LogP contribution < -0.4 is 0 Å². The number of aromatic nitrogens is 2. The summed E-state index contributed by atoms with van der Waals surface area (Å²) < 4.78 is 71.2. The Hall–Kier alpha value is -2.52. The van der Waals surface area contributed by atoms with Crippen LogP contribution in [0.4, 0.5) is 22.0 Å². The number of aryl methyl sites for hydroxylation is 1. The summed E-state index contributed by atoms with van der Waals surface area (Å²) in [5.74, 6) is -0.271. The second kappa shape index (κ2) is 7.24. The van der Waals surface area contributed by atoms with E-state index in [1.54, 1.807) is 6.92 Å². The quantitative estimate of drug-likeness (QED) is 0.733. The fourth-order valence-corrected chi connectivity index (χ4v) is 3.21. The summed E-state index contributed by atoms with van der Waals surface area (Å²) in [5.41, 5.74) is -3.24. The summed E-state index contributed by atoms with van der Waals surface area (Å²) in [6, 6.07) is 2.38. The first-order chi connectivity index (χ1) is 12.7. The monoisotopic (exact) mass is 389 g/mol. The van der Waals surface area contributed by atoms with Crippen molar-refractivity contribution in [1.82, 2.24) is 15.0 Å². The molecular formula is C17H16F5N3O2. The average molecular weight is 389 g/mol. The van der Waals surface area contributed by atoms with Gasteiger partial charge in [0.2, 0.25) is 5.89 Å². The normalized spacial score (nSPS) is 16.2. The lowest BCUT2D eigenvalue weighted by Crippen LogP contribution is -2.39. The van der Waals surface area contributed by atoms with Crippen LogP contribution in [0.1, 0.15) is 58.4 Å². The summed E-state index contributed by atoms with van der Waals surface area (Å²) in [6.07, 6.45) is -7.28. The number of carbonyl (C=O) groups excluding carboxylic acids is 1. The van der Waals surface area contributed by atoms with Gasteiger partial charge in [0.25, 0.3) is 12.3 Å². The van der Waals surface area contributed by atoms with Crippen LogP contribution in [0.3, 0.4) is 0 Å². The van der Waals surface area contributed by atoms with Crippen molar-refractivity contribution >= 4 is 5.91 Å². The number of hydrogen-bond donors (Lipinski definition) is 0. The van der Waals surface area contributed by atoms with E-state index in [9.17, 15) is 26.7 Å². The van der Waals surface area contributed by atoms with E-state index < -0.39 is 35.2 Å². The molecule has 0 unspecified atom stereocenters. The van der Waals surface area contributed by atoms with Crippen LogP contribution in [-0.4, -0.2) is 34.0 Å². The Bertz CT molecular complexity index is 826. The maximum atomic E-state index is 13.3. The first-order valence-electron chi connectivity index (χ1n) is 8.26. The number of likely N-dealkylation sites (tertiary alicyclic amines) is 1. The van der Waals surface area contributed by atoms with Crippen LogP contribution in [0.5, 0.6) is 0 Å². The van der Waals surface area contributed by atoms with Crippen molar-refractivity contribution in [2.75, 3.05) is 13.1 Å². The Morgan fingerprint density at radius 1 is 1.26 bits per heavy atom. The number of benzene rings is 1. The van der Waals surface area contributed by atoms with Crippen LogP contribution in [0, 0.1) is 6.92 Å². The first kappa shape index (κ1) is 19.2. The van der Waals surface area contributed by atoms with Crippen LogP contribution in [0.15, 0.2) is 22.7 Å². The summed E-state index contributed by atoms with van der Waals surface area (Å²) in [5, 5.41) is 3.81. The lowest BCUT2D eigenvalue weighted by molar-refractivity contribution is -0.138. The van der Waals surface area contributed by atoms with Gasteiger partial charge in [-0.25, -0.2) is 8.78 Å². The van der Waals surface area contributed by atoms with Gasteiger partial charge in [-0.2, -0.15) is 18.2 Å². The van der Waals surface area contributed by atoms with Crippen molar-refractivity contribution < 1.29 is 31.3 Å². The van der Waals surface area contributed by atoms with E-state index in [0.29, 0.717) is 30.6 Å². The number of piperidine rings is 1. The lowest BCUT2D eigenvalue weighted by Gasteiger charge is -2.32. The molecule has 0 spiro atoms. The Morgan fingerprint density at radius 3 is 2.44 bits per heavy atom. The minimum Gasteiger partial charge on any atom is -0.340 e. The number of rotatable bonds is 3. The van der Waals surface area contributed by atoms with Gasteiger partial charge in [0.1, 0.15) is 0 Å². The zero-order valence-corrected chi connectivity index (χ0v) is 14.3. The molecule has 1 aromatic carbocycles. The fourth-order valence-electron chi connectivity index (χ4n) is 3.21. The third-order valence-electron chi connectivity index (χ3n) is 4.54. The molecule has 1 aromatic heterocycles.